The van der Waals surface area contributed by atoms with E-state index in [1.807, 2.05) is 0 Å². The first-order valence-electron chi connectivity index (χ1n) is 6.53. The van der Waals surface area contributed by atoms with Gasteiger partial charge >= 0.3 is 5.69 Å². The normalized spacial score (nSPS) is 27.5. The highest BCUT2D eigenvalue weighted by Crippen LogP contribution is 2.30. The molecule has 23 heavy (non-hydrogen) atoms. The molecule has 3 rings (SSSR count). The number of nitrogens with one attached hydrogen (secondary N) is 1. The van der Waals surface area contributed by atoms with Crippen LogP contribution in [0.4, 0.5) is 0 Å². The molecule has 0 spiro atoms. The van der Waals surface area contributed by atoms with Crippen molar-refractivity contribution in [2.75, 3.05) is 6.61 Å². The van der Waals surface area contributed by atoms with Crippen LogP contribution in [0.3, 0.4) is 0 Å². The van der Waals surface area contributed by atoms with E-state index in [0.717, 1.165) is 8.47 Å². The molecule has 0 saturated carbocycles. The first-order chi connectivity index (χ1) is 10.9. The van der Waals surface area contributed by atoms with Crippen LogP contribution in [0.5, 0.6) is 0 Å². The molecule has 4 atom stereocenters. The van der Waals surface area contributed by atoms with Crippen LogP contribution in [0.15, 0.2) is 25.5 Å². The maximum Gasteiger partial charge on any atom is 0.347 e. The number of nitrogens with zero attached hydrogens (tertiary/aromatic N) is 2. The van der Waals surface area contributed by atoms with Gasteiger partial charge in [0.2, 0.25) is 0 Å². The second-order valence-corrected chi connectivity index (χ2v) is 7.35. The Balaban J connectivity index is 2.07. The Labute approximate surface area is 140 Å². The number of hydrogen-bond donors (Lipinski definition) is 4. The topological polar surface area (TPSA) is 138 Å². The second-order valence-electron chi connectivity index (χ2n) is 4.89. The summed E-state index contributed by atoms with van der Waals surface area (Å²) in [6, 6.07) is 3.38. The molecule has 2 aromatic rings. The molecule has 3 heterocycles. The smallest absolute Gasteiger partial charge is 0.347 e. The van der Waals surface area contributed by atoms with Crippen LogP contribution in [-0.4, -0.2) is 55.0 Å². The van der Waals surface area contributed by atoms with E-state index in [-0.39, 0.29) is 5.69 Å². The molecule has 0 aliphatic carbocycles. The van der Waals surface area contributed by atoms with Crippen LogP contribution < -0.4 is 11.2 Å². The molecule has 1 aliphatic heterocycles. The highest BCUT2D eigenvalue weighted by molar-refractivity contribution is 9.11. The minimum absolute atomic E-state index is 0.0157. The van der Waals surface area contributed by atoms with Crippen molar-refractivity contribution in [3.05, 3.63) is 36.8 Å². The highest BCUT2D eigenvalue weighted by Gasteiger charge is 2.44. The van der Waals surface area contributed by atoms with Gasteiger partial charge in [-0.2, -0.15) is 9.78 Å². The van der Waals surface area contributed by atoms with E-state index < -0.39 is 42.4 Å². The van der Waals surface area contributed by atoms with Crippen LogP contribution in [-0.2, 0) is 4.74 Å². The summed E-state index contributed by atoms with van der Waals surface area (Å²) in [6.45, 7) is -0.530. The number of thiophene rings is 1. The molecule has 0 bridgehead atoms. The molecule has 2 aromatic heterocycles. The Bertz CT molecular complexity index is 833. The lowest BCUT2D eigenvalue weighted by Gasteiger charge is -2.16. The van der Waals surface area contributed by atoms with E-state index in [1.54, 1.807) is 12.1 Å². The maximum absolute atomic E-state index is 12.0. The standard InChI is InChI=1S/C12H12BrN3O6S/c13-6-2-1-5(23-6)7-10(20)14-12(21)16(15-7)11-9(19)8(18)4(3-17)22-11/h1-2,4,8-9,11,17-19H,3H2,(H,14,20,21)/t4-,8-,9-,11-/m1/s1. The Morgan fingerprint density at radius 3 is 2.65 bits per heavy atom. The van der Waals surface area contributed by atoms with Gasteiger partial charge in [-0.3, -0.25) is 9.78 Å². The van der Waals surface area contributed by atoms with Gasteiger partial charge in [0, 0.05) is 0 Å². The van der Waals surface area contributed by atoms with Crippen molar-refractivity contribution < 1.29 is 20.1 Å². The Morgan fingerprint density at radius 2 is 2.09 bits per heavy atom. The second kappa shape index (κ2) is 6.26. The monoisotopic (exact) mass is 405 g/mol. The first-order valence-corrected chi connectivity index (χ1v) is 8.14. The van der Waals surface area contributed by atoms with Crippen molar-refractivity contribution in [1.29, 1.82) is 0 Å². The van der Waals surface area contributed by atoms with Crippen LogP contribution in [0.2, 0.25) is 0 Å². The summed E-state index contributed by atoms with van der Waals surface area (Å²) in [6.07, 6.45) is -5.19. The molecular formula is C12H12BrN3O6S. The largest absolute Gasteiger partial charge is 0.394 e. The SMILES string of the molecule is O=c1[nH]c(=O)n([C@@H]2O[C@H](CO)[C@@H](O)[C@H]2O)nc1-c1ccc(Br)s1. The van der Waals surface area contributed by atoms with Gasteiger partial charge in [-0.15, -0.1) is 11.3 Å². The van der Waals surface area contributed by atoms with E-state index in [9.17, 15) is 19.8 Å². The summed E-state index contributed by atoms with van der Waals surface area (Å²) < 4.78 is 6.80. The zero-order valence-electron chi connectivity index (χ0n) is 11.4. The third kappa shape index (κ3) is 2.91. The van der Waals surface area contributed by atoms with Crippen molar-refractivity contribution in [3.63, 3.8) is 0 Å². The van der Waals surface area contributed by atoms with Gasteiger partial charge in [0.15, 0.2) is 11.9 Å². The Morgan fingerprint density at radius 1 is 1.35 bits per heavy atom. The van der Waals surface area contributed by atoms with Crippen molar-refractivity contribution in [2.45, 2.75) is 24.5 Å². The molecule has 0 amide bonds. The maximum atomic E-state index is 12.0. The van der Waals surface area contributed by atoms with E-state index in [2.05, 4.69) is 26.0 Å². The third-order valence-electron chi connectivity index (χ3n) is 3.42. The van der Waals surface area contributed by atoms with E-state index in [1.165, 1.54) is 11.3 Å². The number of H-pyrrole nitrogens is 1. The predicted octanol–water partition coefficient (Wildman–Crippen LogP) is -0.966. The van der Waals surface area contributed by atoms with Crippen LogP contribution >= 0.6 is 27.3 Å². The predicted molar refractivity (Wildman–Crippen MR) is 83.1 cm³/mol. The molecule has 0 aromatic carbocycles. The van der Waals surface area contributed by atoms with Gasteiger partial charge in [0.05, 0.1) is 15.3 Å². The minimum Gasteiger partial charge on any atom is -0.394 e. The zero-order chi connectivity index (χ0) is 16.7. The molecule has 0 radical (unpaired) electrons. The zero-order valence-corrected chi connectivity index (χ0v) is 13.8. The van der Waals surface area contributed by atoms with Gasteiger partial charge in [-0.05, 0) is 28.1 Å². The number of halogens is 1. The number of aromatic amines is 1. The molecule has 0 unspecified atom stereocenters. The summed E-state index contributed by atoms with van der Waals surface area (Å²) in [4.78, 5) is 26.5. The quantitative estimate of drug-likeness (QED) is 0.515. The summed E-state index contributed by atoms with van der Waals surface area (Å²) in [5.74, 6) is 0. The molecular weight excluding hydrogens is 394 g/mol. The summed E-state index contributed by atoms with van der Waals surface area (Å²) in [7, 11) is 0. The third-order valence-corrected chi connectivity index (χ3v) is 5.05. The molecule has 1 aliphatic rings. The number of aliphatic hydroxyl groups excluding tert-OH is 3. The van der Waals surface area contributed by atoms with Crippen LogP contribution in [0.1, 0.15) is 6.23 Å². The fraction of sp³-hybridized carbons (Fsp3) is 0.417. The van der Waals surface area contributed by atoms with Gasteiger partial charge in [-0.1, -0.05) is 0 Å². The molecule has 1 fully saturated rings. The Kier molecular flexibility index (Phi) is 4.49. The number of aromatic nitrogens is 3. The highest BCUT2D eigenvalue weighted by atomic mass is 79.9. The lowest BCUT2D eigenvalue weighted by atomic mass is 10.1. The molecule has 1 saturated heterocycles. The van der Waals surface area contributed by atoms with Crippen LogP contribution in [0.25, 0.3) is 10.6 Å². The van der Waals surface area contributed by atoms with Gasteiger partial charge < -0.3 is 20.1 Å². The van der Waals surface area contributed by atoms with Crippen molar-refractivity contribution in [1.82, 2.24) is 14.8 Å². The van der Waals surface area contributed by atoms with Crippen LogP contribution in [0, 0.1) is 0 Å². The molecule has 4 N–H and O–H groups in total. The van der Waals surface area contributed by atoms with Gasteiger partial charge in [0.1, 0.15) is 18.3 Å². The molecule has 124 valence electrons. The number of rotatable bonds is 3. The Hall–Kier alpha value is -1.37. The molecule has 11 heteroatoms. The van der Waals surface area contributed by atoms with E-state index >= 15 is 0 Å². The first kappa shape index (κ1) is 16.5. The van der Waals surface area contributed by atoms with E-state index in [4.69, 9.17) is 9.84 Å². The number of hydrogen-bond acceptors (Lipinski definition) is 8. The summed E-state index contributed by atoms with van der Waals surface area (Å²) in [5.41, 5.74) is -1.57. The van der Waals surface area contributed by atoms with E-state index in [0.29, 0.717) is 4.88 Å². The fourth-order valence-electron chi connectivity index (χ4n) is 2.27. The van der Waals surface area contributed by atoms with Crippen molar-refractivity contribution in [2.24, 2.45) is 0 Å². The summed E-state index contributed by atoms with van der Waals surface area (Å²) in [5, 5.41) is 32.8. The molecule has 9 nitrogen and oxygen atoms in total. The van der Waals surface area contributed by atoms with Gasteiger partial charge in [-0.25, -0.2) is 4.79 Å². The van der Waals surface area contributed by atoms with Gasteiger partial charge in [0.25, 0.3) is 5.56 Å². The number of aliphatic hydroxyl groups is 3. The fourth-order valence-corrected chi connectivity index (χ4v) is 3.64. The lowest BCUT2D eigenvalue weighted by molar-refractivity contribution is -0.0616. The number of ether oxygens (including phenoxy) is 1. The van der Waals surface area contributed by atoms with Crippen molar-refractivity contribution in [3.8, 4) is 10.6 Å². The average Bonchev–Trinajstić information content (AvgIpc) is 3.05. The summed E-state index contributed by atoms with van der Waals surface area (Å²) >= 11 is 4.52. The minimum atomic E-state index is -1.47. The average molecular weight is 406 g/mol. The van der Waals surface area contributed by atoms with Crippen molar-refractivity contribution >= 4 is 27.3 Å². The lowest BCUT2D eigenvalue weighted by Crippen LogP contribution is -2.40.